The zero-order chi connectivity index (χ0) is 25.1. The van der Waals surface area contributed by atoms with E-state index in [4.69, 9.17) is 0 Å². The molecule has 3 aromatic rings. The van der Waals surface area contributed by atoms with Gasteiger partial charge in [0.2, 0.25) is 10.0 Å². The quantitative estimate of drug-likeness (QED) is 0.478. The molecule has 1 unspecified atom stereocenters. The summed E-state index contributed by atoms with van der Waals surface area (Å²) in [4.78, 5) is 12.8. The van der Waals surface area contributed by atoms with Gasteiger partial charge in [-0.05, 0) is 53.8 Å². The molecule has 180 valence electrons. The van der Waals surface area contributed by atoms with E-state index in [1.807, 2.05) is 19.1 Å². The largest absolute Gasteiger partial charge is 0.346 e. The summed E-state index contributed by atoms with van der Waals surface area (Å²) in [5.74, 6) is -0.740. The molecule has 0 saturated heterocycles. The molecule has 0 fully saturated rings. The Morgan fingerprint density at radius 3 is 2.09 bits per heavy atom. The second-order valence-corrected chi connectivity index (χ2v) is 11.4. The number of amides is 1. The Kier molecular flexibility index (Phi) is 7.46. The van der Waals surface area contributed by atoms with Crippen LogP contribution in [0, 0.1) is 5.82 Å². The first-order valence-electron chi connectivity index (χ1n) is 11.1. The molecule has 5 nitrogen and oxygen atoms in total. The predicted molar refractivity (Wildman–Crippen MR) is 135 cm³/mol. The fourth-order valence-electron chi connectivity index (χ4n) is 3.60. The van der Waals surface area contributed by atoms with Gasteiger partial charge in [-0.15, -0.1) is 0 Å². The van der Waals surface area contributed by atoms with E-state index >= 15 is 0 Å². The van der Waals surface area contributed by atoms with Crippen molar-refractivity contribution in [3.63, 3.8) is 0 Å². The van der Waals surface area contributed by atoms with Gasteiger partial charge in [-0.2, -0.15) is 0 Å². The summed E-state index contributed by atoms with van der Waals surface area (Å²) >= 11 is 0. The van der Waals surface area contributed by atoms with Crippen LogP contribution in [0.5, 0.6) is 0 Å². The number of sulfonamides is 1. The second kappa shape index (κ2) is 9.97. The number of hydrogen-bond acceptors (Lipinski definition) is 3. The molecule has 0 aromatic heterocycles. The van der Waals surface area contributed by atoms with E-state index in [-0.39, 0.29) is 29.5 Å². The normalized spacial score (nSPS) is 12.8. The fourth-order valence-corrected chi connectivity index (χ4v) is 4.47. The summed E-state index contributed by atoms with van der Waals surface area (Å²) in [6.07, 6.45) is 1.07. The van der Waals surface area contributed by atoms with Gasteiger partial charge in [-0.1, -0.05) is 63.2 Å². The Morgan fingerprint density at radius 1 is 0.971 bits per heavy atom. The molecule has 0 radical (unpaired) electrons. The van der Waals surface area contributed by atoms with Crippen molar-refractivity contribution < 1.29 is 17.6 Å². The summed E-state index contributed by atoms with van der Waals surface area (Å²) in [7, 11) is -3.67. The van der Waals surface area contributed by atoms with Crippen LogP contribution in [0.3, 0.4) is 0 Å². The maximum atomic E-state index is 14.1. The van der Waals surface area contributed by atoms with Crippen molar-refractivity contribution >= 4 is 21.6 Å². The van der Waals surface area contributed by atoms with Gasteiger partial charge < -0.3 is 5.32 Å². The number of carbonyl (C=O) groups excluding carboxylic acids is 1. The van der Waals surface area contributed by atoms with E-state index in [1.54, 1.807) is 42.5 Å². The molecule has 1 N–H and O–H groups in total. The molecule has 7 heteroatoms. The minimum absolute atomic E-state index is 0.0545. The van der Waals surface area contributed by atoms with E-state index in [1.165, 1.54) is 11.6 Å². The zero-order valence-corrected chi connectivity index (χ0v) is 21.0. The Hall–Kier alpha value is -3.19. The van der Waals surface area contributed by atoms with Gasteiger partial charge in [0, 0.05) is 11.1 Å². The molecule has 1 amide bonds. The molecule has 0 aliphatic rings. The number of anilines is 1. The summed E-state index contributed by atoms with van der Waals surface area (Å²) in [5, 5.41) is 2.98. The van der Waals surface area contributed by atoms with Crippen LogP contribution in [0.2, 0.25) is 0 Å². The number of nitrogens with one attached hydrogen (secondary N) is 1. The average molecular weight is 483 g/mol. The van der Waals surface area contributed by atoms with Crippen LogP contribution in [0.25, 0.3) is 0 Å². The molecular formula is C27H31FN2O3S. The first-order valence-corrected chi connectivity index (χ1v) is 12.9. The maximum absolute atomic E-state index is 14.1. The number of carbonyl (C=O) groups is 1. The van der Waals surface area contributed by atoms with Gasteiger partial charge in [0.1, 0.15) is 5.82 Å². The van der Waals surface area contributed by atoms with Crippen LogP contribution in [-0.2, 0) is 22.0 Å². The Morgan fingerprint density at radius 2 is 1.56 bits per heavy atom. The van der Waals surface area contributed by atoms with Crippen LogP contribution in [0.15, 0.2) is 72.8 Å². The molecule has 0 aliphatic carbocycles. The van der Waals surface area contributed by atoms with Gasteiger partial charge in [-0.25, -0.2) is 12.8 Å². The number of rotatable bonds is 7. The minimum Gasteiger partial charge on any atom is -0.346 e. The van der Waals surface area contributed by atoms with Crippen molar-refractivity contribution in [2.24, 2.45) is 0 Å². The summed E-state index contributed by atoms with van der Waals surface area (Å²) in [6, 6.07) is 20.3. The smallest absolute Gasteiger partial charge is 0.251 e. The Bertz CT molecular complexity index is 1250. The number of hydrogen-bond donors (Lipinski definition) is 1. The summed E-state index contributed by atoms with van der Waals surface area (Å²) < 4.78 is 40.0. The lowest BCUT2D eigenvalue weighted by Gasteiger charge is -2.23. The average Bonchev–Trinajstić information content (AvgIpc) is 2.77. The minimum atomic E-state index is -3.67. The molecule has 0 bridgehead atoms. The van der Waals surface area contributed by atoms with Crippen molar-refractivity contribution in [3.8, 4) is 0 Å². The van der Waals surface area contributed by atoms with Crippen LogP contribution in [-0.4, -0.2) is 20.6 Å². The first kappa shape index (κ1) is 25.4. The van der Waals surface area contributed by atoms with Crippen molar-refractivity contribution in [2.45, 2.75) is 45.7 Å². The van der Waals surface area contributed by atoms with Crippen LogP contribution >= 0.6 is 0 Å². The third kappa shape index (κ3) is 6.23. The van der Waals surface area contributed by atoms with Gasteiger partial charge in [0.15, 0.2) is 0 Å². The molecule has 3 aromatic carbocycles. The van der Waals surface area contributed by atoms with Crippen molar-refractivity contribution in [2.75, 3.05) is 10.6 Å². The van der Waals surface area contributed by atoms with Gasteiger partial charge in [0.25, 0.3) is 5.91 Å². The fraction of sp³-hybridized carbons (Fsp3) is 0.296. The topological polar surface area (TPSA) is 66.5 Å². The SMILES string of the molecule is CC(NC(=O)c1ccc(N(Cc2ccccc2F)S(C)(=O)=O)cc1)c1ccc(C(C)(C)C)cc1. The van der Waals surface area contributed by atoms with Crippen molar-refractivity contribution in [1.82, 2.24) is 5.32 Å². The predicted octanol–water partition coefficient (Wildman–Crippen LogP) is 5.58. The molecule has 0 heterocycles. The number of halogens is 1. The van der Waals surface area contributed by atoms with E-state index in [9.17, 15) is 17.6 Å². The second-order valence-electron chi connectivity index (χ2n) is 9.48. The monoisotopic (exact) mass is 482 g/mol. The zero-order valence-electron chi connectivity index (χ0n) is 20.2. The lowest BCUT2D eigenvalue weighted by Crippen LogP contribution is -2.30. The number of benzene rings is 3. The standard InChI is InChI=1S/C27H31FN2O3S/c1-19(20-10-14-23(15-11-20)27(2,3)4)29-26(31)21-12-16-24(17-13-21)30(34(5,32)33)18-22-8-6-7-9-25(22)28/h6-17,19H,18H2,1-5H3,(H,29,31). The molecule has 0 spiro atoms. The summed E-state index contributed by atoms with van der Waals surface area (Å²) in [5.41, 5.74) is 3.29. The van der Waals surface area contributed by atoms with E-state index < -0.39 is 15.8 Å². The molecule has 34 heavy (non-hydrogen) atoms. The Balaban J connectivity index is 1.74. The number of nitrogens with zero attached hydrogens (tertiary/aromatic N) is 1. The lowest BCUT2D eigenvalue weighted by molar-refractivity contribution is 0.0940. The lowest BCUT2D eigenvalue weighted by atomic mass is 9.86. The van der Waals surface area contributed by atoms with Crippen LogP contribution in [0.4, 0.5) is 10.1 Å². The van der Waals surface area contributed by atoms with Crippen molar-refractivity contribution in [1.29, 1.82) is 0 Å². The van der Waals surface area contributed by atoms with Crippen LogP contribution < -0.4 is 9.62 Å². The van der Waals surface area contributed by atoms with Gasteiger partial charge >= 0.3 is 0 Å². The molecule has 0 saturated carbocycles. The molecule has 3 rings (SSSR count). The third-order valence-corrected chi connectivity index (χ3v) is 6.85. The Labute approximate surface area is 201 Å². The van der Waals surface area contributed by atoms with Crippen molar-refractivity contribution in [3.05, 3.63) is 101 Å². The highest BCUT2D eigenvalue weighted by molar-refractivity contribution is 7.92. The molecule has 1 atom stereocenters. The van der Waals surface area contributed by atoms with Crippen LogP contribution in [0.1, 0.15) is 60.8 Å². The van der Waals surface area contributed by atoms with E-state index in [2.05, 4.69) is 38.2 Å². The highest BCUT2D eigenvalue weighted by Gasteiger charge is 2.20. The summed E-state index contributed by atoms with van der Waals surface area (Å²) in [6.45, 7) is 8.23. The third-order valence-electron chi connectivity index (χ3n) is 5.71. The van der Waals surface area contributed by atoms with Gasteiger partial charge in [-0.3, -0.25) is 9.10 Å². The van der Waals surface area contributed by atoms with Gasteiger partial charge in [0.05, 0.1) is 24.5 Å². The first-order chi connectivity index (χ1) is 15.9. The van der Waals surface area contributed by atoms with E-state index in [0.29, 0.717) is 11.3 Å². The highest BCUT2D eigenvalue weighted by atomic mass is 32.2. The highest BCUT2D eigenvalue weighted by Crippen LogP contribution is 2.25. The maximum Gasteiger partial charge on any atom is 0.251 e. The molecular weight excluding hydrogens is 451 g/mol. The molecule has 0 aliphatic heterocycles. The van der Waals surface area contributed by atoms with E-state index in [0.717, 1.165) is 16.1 Å².